The zero-order chi connectivity index (χ0) is 15.9. The van der Waals surface area contributed by atoms with Crippen molar-refractivity contribution in [3.63, 3.8) is 0 Å². The van der Waals surface area contributed by atoms with Crippen LogP contribution >= 0.6 is 0 Å². The molecule has 0 unspecified atom stereocenters. The molecule has 2 N–H and O–H groups in total. The Morgan fingerprint density at radius 2 is 1.14 bits per heavy atom. The van der Waals surface area contributed by atoms with Gasteiger partial charge in [0.25, 0.3) is 0 Å². The Morgan fingerprint density at radius 1 is 0.714 bits per heavy atom. The summed E-state index contributed by atoms with van der Waals surface area (Å²) in [4.78, 5) is 0. The van der Waals surface area contributed by atoms with Gasteiger partial charge in [0.15, 0.2) is 0 Å². The predicted octanol–water partition coefficient (Wildman–Crippen LogP) is 5.63. The molecule has 0 amide bonds. The summed E-state index contributed by atoms with van der Waals surface area (Å²) in [6.45, 7) is 15.5. The second-order valence-electron chi connectivity index (χ2n) is 9.81. The van der Waals surface area contributed by atoms with Crippen molar-refractivity contribution in [1.29, 1.82) is 0 Å². The van der Waals surface area contributed by atoms with E-state index in [-0.39, 0.29) is 5.41 Å². The molecule has 2 rings (SSSR count). The number of rotatable bonds is 5. The van der Waals surface area contributed by atoms with Gasteiger partial charge in [0.2, 0.25) is 0 Å². The zero-order valence-electron chi connectivity index (χ0n) is 15.5. The summed E-state index contributed by atoms with van der Waals surface area (Å²) < 4.78 is 0. The first kappa shape index (κ1) is 17.3. The van der Waals surface area contributed by atoms with Crippen molar-refractivity contribution in [2.75, 3.05) is 6.54 Å². The van der Waals surface area contributed by atoms with Crippen molar-refractivity contribution < 1.29 is 0 Å². The first-order chi connectivity index (χ1) is 9.63. The third kappa shape index (κ3) is 3.05. The maximum Gasteiger partial charge on any atom is -0.00206 e. The predicted molar refractivity (Wildman–Crippen MR) is 93.2 cm³/mol. The summed E-state index contributed by atoms with van der Waals surface area (Å²) in [6.07, 6.45) is 10.2. The van der Waals surface area contributed by atoms with E-state index in [1.165, 1.54) is 44.9 Å². The van der Waals surface area contributed by atoms with Crippen LogP contribution in [0.2, 0.25) is 0 Å². The van der Waals surface area contributed by atoms with Crippen LogP contribution in [0.15, 0.2) is 0 Å². The highest BCUT2D eigenvalue weighted by Gasteiger charge is 2.46. The second-order valence-corrected chi connectivity index (χ2v) is 9.81. The SMILES string of the molecule is CC(C)(C1CCC1)C1CCC(C(C)(C)C(C)(C)CN)CC1. The van der Waals surface area contributed by atoms with Gasteiger partial charge in [-0.1, -0.05) is 48.0 Å². The molecule has 0 aliphatic heterocycles. The van der Waals surface area contributed by atoms with Crippen LogP contribution in [-0.4, -0.2) is 6.54 Å². The van der Waals surface area contributed by atoms with Crippen molar-refractivity contribution in [3.05, 3.63) is 0 Å². The highest BCUT2D eigenvalue weighted by atomic mass is 14.6. The molecule has 0 aromatic carbocycles. The first-order valence-corrected chi connectivity index (χ1v) is 9.33. The summed E-state index contributed by atoms with van der Waals surface area (Å²) in [7, 11) is 0. The molecule has 0 aromatic heterocycles. The second kappa shape index (κ2) is 5.87. The van der Waals surface area contributed by atoms with Gasteiger partial charge in [-0.05, 0) is 79.1 Å². The van der Waals surface area contributed by atoms with Crippen LogP contribution in [0.5, 0.6) is 0 Å². The van der Waals surface area contributed by atoms with Crippen LogP contribution in [-0.2, 0) is 0 Å². The maximum absolute atomic E-state index is 6.06. The molecule has 21 heavy (non-hydrogen) atoms. The molecule has 124 valence electrons. The third-order valence-corrected chi connectivity index (χ3v) is 8.21. The smallest absolute Gasteiger partial charge is 0.00206 e. The van der Waals surface area contributed by atoms with Gasteiger partial charge in [-0.2, -0.15) is 0 Å². The van der Waals surface area contributed by atoms with E-state index in [9.17, 15) is 0 Å². The largest absolute Gasteiger partial charge is 0.330 e. The average Bonchev–Trinajstić information content (AvgIpc) is 2.36. The third-order valence-electron chi connectivity index (χ3n) is 8.21. The lowest BCUT2D eigenvalue weighted by atomic mass is 9.53. The summed E-state index contributed by atoms with van der Waals surface area (Å²) in [5.41, 5.74) is 7.24. The van der Waals surface area contributed by atoms with Crippen LogP contribution < -0.4 is 5.73 Å². The molecule has 0 saturated heterocycles. The topological polar surface area (TPSA) is 26.0 Å². The van der Waals surface area contributed by atoms with Crippen LogP contribution in [0, 0.1) is 34.0 Å². The van der Waals surface area contributed by atoms with Crippen molar-refractivity contribution >= 4 is 0 Å². The van der Waals surface area contributed by atoms with Gasteiger partial charge in [0.1, 0.15) is 0 Å². The zero-order valence-corrected chi connectivity index (χ0v) is 15.5. The van der Waals surface area contributed by atoms with Crippen LogP contribution in [0.1, 0.15) is 86.5 Å². The van der Waals surface area contributed by atoms with Gasteiger partial charge >= 0.3 is 0 Å². The Labute approximate surface area is 133 Å². The average molecular weight is 294 g/mol. The lowest BCUT2D eigenvalue weighted by molar-refractivity contribution is -0.0210. The van der Waals surface area contributed by atoms with E-state index in [0.29, 0.717) is 10.8 Å². The van der Waals surface area contributed by atoms with Gasteiger partial charge in [0, 0.05) is 0 Å². The van der Waals surface area contributed by atoms with Gasteiger partial charge in [-0.25, -0.2) is 0 Å². The Bertz CT molecular complexity index is 341. The molecule has 1 heteroatoms. The fourth-order valence-corrected chi connectivity index (χ4v) is 4.86. The molecule has 2 aliphatic rings. The standard InChI is InChI=1S/C20H39N/c1-18(2,14-21)20(5,6)17-12-10-16(11-13-17)19(3,4)15-8-7-9-15/h15-17H,7-14,21H2,1-6H3. The molecule has 0 radical (unpaired) electrons. The molecule has 0 spiro atoms. The fourth-order valence-electron chi connectivity index (χ4n) is 4.86. The van der Waals surface area contributed by atoms with Gasteiger partial charge in [-0.15, -0.1) is 0 Å². The Kier molecular flexibility index (Phi) is 4.84. The van der Waals surface area contributed by atoms with E-state index in [4.69, 9.17) is 5.73 Å². The minimum atomic E-state index is 0.244. The molecule has 0 aromatic rings. The summed E-state index contributed by atoms with van der Waals surface area (Å²) in [5.74, 6) is 2.81. The fraction of sp³-hybridized carbons (Fsp3) is 1.00. The van der Waals surface area contributed by atoms with Crippen LogP contribution in [0.4, 0.5) is 0 Å². The molecule has 2 aliphatic carbocycles. The molecule has 2 saturated carbocycles. The van der Waals surface area contributed by atoms with E-state index in [1.54, 1.807) is 0 Å². The quantitative estimate of drug-likeness (QED) is 0.698. The van der Waals surface area contributed by atoms with E-state index in [2.05, 4.69) is 41.5 Å². The Hall–Kier alpha value is -0.0400. The Morgan fingerprint density at radius 3 is 1.52 bits per heavy atom. The van der Waals surface area contributed by atoms with Crippen LogP contribution in [0.25, 0.3) is 0 Å². The molecule has 1 nitrogen and oxygen atoms in total. The summed E-state index contributed by atoms with van der Waals surface area (Å²) in [5, 5.41) is 0. The minimum absolute atomic E-state index is 0.244. The van der Waals surface area contributed by atoms with Crippen molar-refractivity contribution in [2.24, 2.45) is 39.7 Å². The van der Waals surface area contributed by atoms with E-state index >= 15 is 0 Å². The maximum atomic E-state index is 6.06. The molecule has 2 fully saturated rings. The molecular formula is C20H39N. The number of nitrogens with two attached hydrogens (primary N) is 1. The Balaban J connectivity index is 1.97. The normalized spacial score (nSPS) is 29.3. The molecule has 0 heterocycles. The molecule has 0 atom stereocenters. The van der Waals surface area contributed by atoms with E-state index < -0.39 is 0 Å². The highest BCUT2D eigenvalue weighted by Crippen LogP contribution is 2.55. The van der Waals surface area contributed by atoms with Crippen molar-refractivity contribution in [1.82, 2.24) is 0 Å². The molecular weight excluding hydrogens is 254 g/mol. The van der Waals surface area contributed by atoms with Crippen LogP contribution in [0.3, 0.4) is 0 Å². The lowest BCUT2D eigenvalue weighted by Crippen LogP contribution is -2.46. The summed E-state index contributed by atoms with van der Waals surface area (Å²) >= 11 is 0. The van der Waals surface area contributed by atoms with Crippen molar-refractivity contribution in [2.45, 2.75) is 86.5 Å². The number of hydrogen-bond donors (Lipinski definition) is 1. The lowest BCUT2D eigenvalue weighted by Gasteiger charge is -2.52. The van der Waals surface area contributed by atoms with Gasteiger partial charge in [0.05, 0.1) is 0 Å². The number of hydrogen-bond acceptors (Lipinski definition) is 1. The monoisotopic (exact) mass is 293 g/mol. The first-order valence-electron chi connectivity index (χ1n) is 9.33. The van der Waals surface area contributed by atoms with E-state index in [1.807, 2.05) is 0 Å². The summed E-state index contributed by atoms with van der Waals surface area (Å²) in [6, 6.07) is 0. The van der Waals surface area contributed by atoms with Crippen molar-refractivity contribution in [3.8, 4) is 0 Å². The van der Waals surface area contributed by atoms with Gasteiger partial charge in [-0.3, -0.25) is 0 Å². The van der Waals surface area contributed by atoms with E-state index in [0.717, 1.165) is 24.3 Å². The minimum Gasteiger partial charge on any atom is -0.330 e. The van der Waals surface area contributed by atoms with Gasteiger partial charge < -0.3 is 5.73 Å². The highest BCUT2D eigenvalue weighted by molar-refractivity contribution is 4.97. The molecule has 0 bridgehead atoms.